The van der Waals surface area contributed by atoms with Crippen LogP contribution in [0, 0.1) is 0 Å². The number of rotatable bonds is 0. The highest BCUT2D eigenvalue weighted by molar-refractivity contribution is 4.46. The van der Waals surface area contributed by atoms with Gasteiger partial charge in [0.1, 0.15) is 6.79 Å². The quantitative estimate of drug-likeness (QED) is 0.562. The third kappa shape index (κ3) is 5.49. The molecule has 0 unspecified atom stereocenters. The zero-order chi connectivity index (χ0) is 8.49. The van der Waals surface area contributed by atoms with Crippen LogP contribution in [0.1, 0.15) is 6.42 Å². The van der Waals surface area contributed by atoms with E-state index in [0.29, 0.717) is 20.0 Å². The van der Waals surface area contributed by atoms with E-state index in [9.17, 15) is 0 Å². The van der Waals surface area contributed by atoms with Crippen LogP contribution < -0.4 is 5.32 Å². The van der Waals surface area contributed by atoms with Crippen molar-refractivity contribution in [2.24, 2.45) is 0 Å². The van der Waals surface area contributed by atoms with Crippen molar-refractivity contribution in [1.29, 1.82) is 0 Å². The standard InChI is InChI=1S/C8H17NO3/c1-2-9-3-5-10-6-7-12-8-11-4-1/h9H,1-8H2. The zero-order valence-electron chi connectivity index (χ0n) is 7.38. The maximum Gasteiger partial charge on any atom is 0.146 e. The van der Waals surface area contributed by atoms with Gasteiger partial charge in [0.15, 0.2) is 0 Å². The van der Waals surface area contributed by atoms with Crippen molar-refractivity contribution in [3.63, 3.8) is 0 Å². The van der Waals surface area contributed by atoms with Crippen LogP contribution in [0.5, 0.6) is 0 Å². The average Bonchev–Trinajstić information content (AvgIpc) is 2.05. The summed E-state index contributed by atoms with van der Waals surface area (Å²) in [5.74, 6) is 0. The van der Waals surface area contributed by atoms with Gasteiger partial charge >= 0.3 is 0 Å². The largest absolute Gasteiger partial charge is 0.378 e. The van der Waals surface area contributed by atoms with Crippen LogP contribution in [0.15, 0.2) is 0 Å². The Bertz CT molecular complexity index is 57.3. The van der Waals surface area contributed by atoms with Crippen LogP contribution in [-0.2, 0) is 14.2 Å². The highest BCUT2D eigenvalue weighted by Gasteiger charge is 1.94. The van der Waals surface area contributed by atoms with E-state index in [4.69, 9.17) is 14.2 Å². The Labute approximate surface area is 73.2 Å². The summed E-state index contributed by atoms with van der Waals surface area (Å²) in [6.07, 6.45) is 1.03. The van der Waals surface area contributed by atoms with E-state index in [2.05, 4.69) is 5.32 Å². The predicted molar refractivity (Wildman–Crippen MR) is 45.1 cm³/mol. The summed E-state index contributed by atoms with van der Waals surface area (Å²) < 4.78 is 15.6. The lowest BCUT2D eigenvalue weighted by Gasteiger charge is -2.10. The van der Waals surface area contributed by atoms with Crippen LogP contribution in [0.3, 0.4) is 0 Å². The second-order valence-electron chi connectivity index (χ2n) is 2.65. The third-order valence-electron chi connectivity index (χ3n) is 1.60. The smallest absolute Gasteiger partial charge is 0.146 e. The molecular formula is C8H17NO3. The molecule has 12 heavy (non-hydrogen) atoms. The van der Waals surface area contributed by atoms with E-state index in [0.717, 1.165) is 32.7 Å². The van der Waals surface area contributed by atoms with Crippen LogP contribution in [0.2, 0.25) is 0 Å². The van der Waals surface area contributed by atoms with Crippen LogP contribution >= 0.6 is 0 Å². The molecule has 0 radical (unpaired) electrons. The summed E-state index contributed by atoms with van der Waals surface area (Å²) in [6, 6.07) is 0. The SMILES string of the molecule is C1CNCCOCCOCOC1. The van der Waals surface area contributed by atoms with Crippen molar-refractivity contribution in [3.8, 4) is 0 Å². The van der Waals surface area contributed by atoms with E-state index in [1.807, 2.05) is 0 Å². The average molecular weight is 175 g/mol. The fourth-order valence-corrected chi connectivity index (χ4v) is 0.965. The molecule has 1 aliphatic rings. The molecule has 0 aliphatic carbocycles. The van der Waals surface area contributed by atoms with E-state index in [1.54, 1.807) is 0 Å². The summed E-state index contributed by atoms with van der Waals surface area (Å²) >= 11 is 0. The van der Waals surface area contributed by atoms with Gasteiger partial charge in [0.05, 0.1) is 26.4 Å². The fraction of sp³-hybridized carbons (Fsp3) is 1.00. The first-order chi connectivity index (χ1) is 6.00. The molecule has 0 aromatic rings. The number of hydrogen-bond acceptors (Lipinski definition) is 4. The van der Waals surface area contributed by atoms with Gasteiger partial charge < -0.3 is 19.5 Å². The Kier molecular flexibility index (Phi) is 6.19. The molecule has 0 amide bonds. The monoisotopic (exact) mass is 175 g/mol. The van der Waals surface area contributed by atoms with Gasteiger partial charge in [-0.05, 0) is 13.0 Å². The van der Waals surface area contributed by atoms with Gasteiger partial charge in [-0.3, -0.25) is 0 Å². The molecule has 4 nitrogen and oxygen atoms in total. The minimum Gasteiger partial charge on any atom is -0.378 e. The van der Waals surface area contributed by atoms with Crippen LogP contribution in [0.4, 0.5) is 0 Å². The second-order valence-corrected chi connectivity index (χ2v) is 2.65. The number of ether oxygens (including phenoxy) is 3. The van der Waals surface area contributed by atoms with Gasteiger partial charge in [-0.1, -0.05) is 0 Å². The van der Waals surface area contributed by atoms with E-state index in [-0.39, 0.29) is 0 Å². The first-order valence-corrected chi connectivity index (χ1v) is 4.44. The Morgan fingerprint density at radius 1 is 0.750 bits per heavy atom. The van der Waals surface area contributed by atoms with Crippen molar-refractivity contribution in [1.82, 2.24) is 5.32 Å². The Hall–Kier alpha value is -0.160. The molecular weight excluding hydrogens is 158 g/mol. The highest BCUT2D eigenvalue weighted by atomic mass is 16.7. The van der Waals surface area contributed by atoms with Crippen molar-refractivity contribution in [2.45, 2.75) is 6.42 Å². The molecule has 0 atom stereocenters. The maximum atomic E-state index is 5.26. The lowest BCUT2D eigenvalue weighted by molar-refractivity contribution is -0.0711. The zero-order valence-corrected chi connectivity index (χ0v) is 7.38. The van der Waals surface area contributed by atoms with Gasteiger partial charge in [0.2, 0.25) is 0 Å². The first kappa shape index (κ1) is 9.92. The molecule has 0 bridgehead atoms. The molecule has 0 aromatic heterocycles. The molecule has 1 rings (SSSR count). The van der Waals surface area contributed by atoms with Crippen molar-refractivity contribution >= 4 is 0 Å². The molecule has 1 N–H and O–H groups in total. The molecule has 0 saturated carbocycles. The van der Waals surface area contributed by atoms with Crippen LogP contribution in [0.25, 0.3) is 0 Å². The Morgan fingerprint density at radius 2 is 1.58 bits per heavy atom. The topological polar surface area (TPSA) is 39.7 Å². The minimum atomic E-state index is 0.392. The number of nitrogens with one attached hydrogen (secondary N) is 1. The normalized spacial score (nSPS) is 24.0. The van der Waals surface area contributed by atoms with Gasteiger partial charge in [0, 0.05) is 6.54 Å². The van der Waals surface area contributed by atoms with Crippen molar-refractivity contribution in [2.75, 3.05) is 46.3 Å². The molecule has 0 aromatic carbocycles. The molecule has 0 spiro atoms. The Balaban J connectivity index is 2.00. The summed E-state index contributed by atoms with van der Waals surface area (Å²) in [6.45, 7) is 5.12. The maximum absolute atomic E-state index is 5.26. The molecule has 1 aliphatic heterocycles. The van der Waals surface area contributed by atoms with Gasteiger partial charge in [-0.25, -0.2) is 0 Å². The van der Waals surface area contributed by atoms with E-state index < -0.39 is 0 Å². The molecule has 72 valence electrons. The minimum absolute atomic E-state index is 0.392. The first-order valence-electron chi connectivity index (χ1n) is 4.44. The molecule has 4 heteroatoms. The highest BCUT2D eigenvalue weighted by Crippen LogP contribution is 1.85. The predicted octanol–water partition coefficient (Wildman–Crippen LogP) is -0.0130. The van der Waals surface area contributed by atoms with E-state index in [1.165, 1.54) is 0 Å². The Morgan fingerprint density at radius 3 is 2.58 bits per heavy atom. The van der Waals surface area contributed by atoms with Gasteiger partial charge in [-0.2, -0.15) is 0 Å². The van der Waals surface area contributed by atoms with Gasteiger partial charge in [-0.15, -0.1) is 0 Å². The molecule has 1 fully saturated rings. The third-order valence-corrected chi connectivity index (χ3v) is 1.60. The van der Waals surface area contributed by atoms with Gasteiger partial charge in [0.25, 0.3) is 0 Å². The van der Waals surface area contributed by atoms with Crippen molar-refractivity contribution < 1.29 is 14.2 Å². The second kappa shape index (κ2) is 7.49. The molecule has 1 heterocycles. The molecule has 1 saturated heterocycles. The lowest BCUT2D eigenvalue weighted by atomic mass is 10.4. The summed E-state index contributed by atoms with van der Waals surface area (Å²) in [5, 5.41) is 3.26. The summed E-state index contributed by atoms with van der Waals surface area (Å²) in [5.41, 5.74) is 0. The number of hydrogen-bond donors (Lipinski definition) is 1. The fourth-order valence-electron chi connectivity index (χ4n) is 0.965. The lowest BCUT2D eigenvalue weighted by Crippen LogP contribution is -2.23. The van der Waals surface area contributed by atoms with Crippen LogP contribution in [-0.4, -0.2) is 46.3 Å². The summed E-state index contributed by atoms with van der Waals surface area (Å²) in [7, 11) is 0. The van der Waals surface area contributed by atoms with Crippen molar-refractivity contribution in [3.05, 3.63) is 0 Å². The van der Waals surface area contributed by atoms with E-state index >= 15 is 0 Å². The summed E-state index contributed by atoms with van der Waals surface area (Å²) in [4.78, 5) is 0.